The number of sulfone groups is 2. The summed E-state index contributed by atoms with van der Waals surface area (Å²) in [6, 6.07) is 27.1. The van der Waals surface area contributed by atoms with Gasteiger partial charge in [-0.1, -0.05) is 79.7 Å². The van der Waals surface area contributed by atoms with Crippen LogP contribution in [-0.4, -0.2) is 38.1 Å². The lowest BCUT2D eigenvalue weighted by Crippen LogP contribution is -2.24. The van der Waals surface area contributed by atoms with E-state index in [0.29, 0.717) is 11.1 Å². The van der Waals surface area contributed by atoms with Gasteiger partial charge in [0.1, 0.15) is 21.3 Å². The van der Waals surface area contributed by atoms with Crippen molar-refractivity contribution in [2.45, 2.75) is 34.8 Å². The Morgan fingerprint density at radius 3 is 1.57 bits per heavy atom. The Bertz CT molecular complexity index is 1600. The normalized spacial score (nSPS) is 12.8. The number of hydrogen-bond donors (Lipinski definition) is 2. The van der Waals surface area contributed by atoms with E-state index < -0.39 is 30.7 Å². The second-order valence-corrected chi connectivity index (χ2v) is 13.1. The second kappa shape index (κ2) is 10.8. The largest absolute Gasteiger partial charge is 0.507 e. The summed E-state index contributed by atoms with van der Waals surface area (Å²) in [7, 11) is -8.06. The molecule has 0 saturated heterocycles. The van der Waals surface area contributed by atoms with Gasteiger partial charge in [-0.15, -0.1) is 0 Å². The van der Waals surface area contributed by atoms with Gasteiger partial charge in [0.25, 0.3) is 0 Å². The fraction of sp³-hybridized carbons (Fsp3) is 0.172. The zero-order chi connectivity index (χ0) is 26.6. The highest BCUT2D eigenvalue weighted by Crippen LogP contribution is 2.34. The van der Waals surface area contributed by atoms with Gasteiger partial charge in [0.2, 0.25) is 0 Å². The Kier molecular flexibility index (Phi) is 7.71. The third kappa shape index (κ3) is 5.70. The maximum absolute atomic E-state index is 13.5. The molecule has 0 spiro atoms. The molecule has 6 nitrogen and oxygen atoms in total. The van der Waals surface area contributed by atoms with Gasteiger partial charge < -0.3 is 10.2 Å². The van der Waals surface area contributed by atoms with Gasteiger partial charge in [0.05, 0.1) is 11.0 Å². The monoisotopic (exact) mass is 536 g/mol. The van der Waals surface area contributed by atoms with E-state index in [1.54, 1.807) is 19.1 Å². The Morgan fingerprint density at radius 1 is 0.622 bits per heavy atom. The van der Waals surface area contributed by atoms with Crippen LogP contribution in [-0.2, 0) is 19.7 Å². The molecule has 4 rings (SSSR count). The second-order valence-electron chi connectivity index (χ2n) is 8.78. The molecular formula is C29H28O6S2. The topological polar surface area (TPSA) is 109 Å². The van der Waals surface area contributed by atoms with Crippen LogP contribution in [0.15, 0.2) is 107 Å². The molecule has 8 heteroatoms. The minimum atomic E-state index is -4.06. The lowest BCUT2D eigenvalue weighted by Gasteiger charge is -2.18. The predicted molar refractivity (Wildman–Crippen MR) is 145 cm³/mol. The smallest absolute Gasteiger partial charge is 0.184 e. The van der Waals surface area contributed by atoms with E-state index in [9.17, 15) is 27.0 Å². The fourth-order valence-electron chi connectivity index (χ4n) is 4.28. The van der Waals surface area contributed by atoms with E-state index in [1.165, 1.54) is 24.3 Å². The number of benzene rings is 4. The number of phenolic OH excluding ortho intramolecular Hbond substituents is 2. The minimum absolute atomic E-state index is 0.156. The average molecular weight is 537 g/mol. The van der Waals surface area contributed by atoms with Crippen LogP contribution in [0.1, 0.15) is 19.8 Å². The first kappa shape index (κ1) is 26.4. The third-order valence-electron chi connectivity index (χ3n) is 6.38. The molecule has 37 heavy (non-hydrogen) atoms. The van der Waals surface area contributed by atoms with Gasteiger partial charge in [0.15, 0.2) is 19.7 Å². The molecule has 0 fully saturated rings. The first-order chi connectivity index (χ1) is 17.6. The molecule has 4 aromatic rings. The standard InChI is InChI=1S/C29H28O6S2/c1-2-25(37(34,35)29-20-24(14-16-27(29)31)22-11-7-4-8-12-22)17-18-36(32,33)28-19-23(13-15-26(28)30)21-9-5-3-6-10-21/h3-16,19-20,25,30-31H,2,17-18H2,1H3. The lowest BCUT2D eigenvalue weighted by molar-refractivity contribution is 0.457. The van der Waals surface area contributed by atoms with Crippen molar-refractivity contribution in [3.05, 3.63) is 97.1 Å². The molecule has 0 aliphatic rings. The SMILES string of the molecule is CCC(CCS(=O)(=O)c1cc(-c2ccccc2)ccc1O)S(=O)(=O)c1cc(-c2ccccc2)ccc1O. The molecule has 192 valence electrons. The molecule has 0 saturated carbocycles. The van der Waals surface area contributed by atoms with Gasteiger partial charge in [-0.2, -0.15) is 0 Å². The molecule has 0 aromatic heterocycles. The van der Waals surface area contributed by atoms with Crippen LogP contribution >= 0.6 is 0 Å². The van der Waals surface area contributed by atoms with Crippen LogP contribution in [0.5, 0.6) is 11.5 Å². The quantitative estimate of drug-likeness (QED) is 0.278. The molecule has 0 aliphatic heterocycles. The highest BCUT2D eigenvalue weighted by atomic mass is 32.2. The van der Waals surface area contributed by atoms with E-state index >= 15 is 0 Å². The number of rotatable bonds is 9. The van der Waals surface area contributed by atoms with Crippen molar-refractivity contribution in [1.82, 2.24) is 0 Å². The Morgan fingerprint density at radius 2 is 1.08 bits per heavy atom. The molecule has 2 N–H and O–H groups in total. The summed E-state index contributed by atoms with van der Waals surface area (Å²) in [6.07, 6.45) is -0.0337. The fourth-order valence-corrected chi connectivity index (χ4v) is 7.81. The van der Waals surface area contributed by atoms with Gasteiger partial charge in [-0.25, -0.2) is 16.8 Å². The Labute approximate surface area is 217 Å². The zero-order valence-electron chi connectivity index (χ0n) is 20.3. The van der Waals surface area contributed by atoms with Crippen LogP contribution in [0.4, 0.5) is 0 Å². The summed E-state index contributed by atoms with van der Waals surface area (Å²) in [4.78, 5) is -0.470. The summed E-state index contributed by atoms with van der Waals surface area (Å²) in [5, 5.41) is 19.7. The Balaban J connectivity index is 1.61. The van der Waals surface area contributed by atoms with Crippen molar-refractivity contribution in [3.8, 4) is 33.8 Å². The molecule has 1 atom stereocenters. The van der Waals surface area contributed by atoms with Gasteiger partial charge in [-0.05, 0) is 59.4 Å². The first-order valence-corrected chi connectivity index (χ1v) is 15.1. The van der Waals surface area contributed by atoms with Crippen LogP contribution in [0.3, 0.4) is 0 Å². The minimum Gasteiger partial charge on any atom is -0.507 e. The van der Waals surface area contributed by atoms with Crippen LogP contribution in [0.25, 0.3) is 22.3 Å². The van der Waals surface area contributed by atoms with E-state index in [-0.39, 0.29) is 34.1 Å². The molecule has 4 aromatic carbocycles. The summed E-state index contributed by atoms with van der Waals surface area (Å²) in [5.74, 6) is -1.24. The van der Waals surface area contributed by atoms with Crippen molar-refractivity contribution in [1.29, 1.82) is 0 Å². The van der Waals surface area contributed by atoms with Crippen molar-refractivity contribution in [2.75, 3.05) is 5.75 Å². The summed E-state index contributed by atoms with van der Waals surface area (Å²) in [6.45, 7) is 1.67. The van der Waals surface area contributed by atoms with Gasteiger partial charge in [0, 0.05) is 0 Å². The first-order valence-electron chi connectivity index (χ1n) is 11.9. The van der Waals surface area contributed by atoms with E-state index in [0.717, 1.165) is 11.1 Å². The summed E-state index contributed by atoms with van der Waals surface area (Å²) >= 11 is 0. The molecule has 0 radical (unpaired) electrons. The maximum atomic E-state index is 13.5. The molecule has 0 aliphatic carbocycles. The molecule has 0 heterocycles. The van der Waals surface area contributed by atoms with Gasteiger partial charge in [-0.3, -0.25) is 0 Å². The summed E-state index contributed by atoms with van der Waals surface area (Å²) in [5.41, 5.74) is 2.84. The number of aromatic hydroxyl groups is 2. The Hall–Kier alpha value is -3.62. The average Bonchev–Trinajstić information content (AvgIpc) is 2.90. The van der Waals surface area contributed by atoms with Gasteiger partial charge >= 0.3 is 0 Å². The number of phenols is 2. The zero-order valence-corrected chi connectivity index (χ0v) is 21.9. The van der Waals surface area contributed by atoms with Crippen molar-refractivity contribution >= 4 is 19.7 Å². The number of hydrogen-bond acceptors (Lipinski definition) is 6. The lowest BCUT2D eigenvalue weighted by atomic mass is 10.1. The van der Waals surface area contributed by atoms with E-state index in [2.05, 4.69) is 0 Å². The summed E-state index contributed by atoms with van der Waals surface area (Å²) < 4.78 is 53.5. The highest BCUT2D eigenvalue weighted by molar-refractivity contribution is 7.92. The van der Waals surface area contributed by atoms with Crippen molar-refractivity contribution in [2.24, 2.45) is 0 Å². The van der Waals surface area contributed by atoms with Crippen molar-refractivity contribution in [3.63, 3.8) is 0 Å². The molecular weight excluding hydrogens is 508 g/mol. The van der Waals surface area contributed by atoms with Crippen LogP contribution in [0.2, 0.25) is 0 Å². The third-order valence-corrected chi connectivity index (χ3v) is 10.5. The molecule has 1 unspecified atom stereocenters. The van der Waals surface area contributed by atoms with Crippen LogP contribution < -0.4 is 0 Å². The van der Waals surface area contributed by atoms with E-state index in [4.69, 9.17) is 0 Å². The molecule has 0 bridgehead atoms. The maximum Gasteiger partial charge on any atom is 0.184 e. The highest BCUT2D eigenvalue weighted by Gasteiger charge is 2.31. The predicted octanol–water partition coefficient (Wildman–Crippen LogP) is 5.85. The van der Waals surface area contributed by atoms with E-state index in [1.807, 2.05) is 60.7 Å². The van der Waals surface area contributed by atoms with Crippen molar-refractivity contribution < 1.29 is 27.0 Å². The molecule has 0 amide bonds. The van der Waals surface area contributed by atoms with Crippen LogP contribution in [0, 0.1) is 0 Å².